The van der Waals surface area contributed by atoms with Gasteiger partial charge in [-0.05, 0) is 51.3 Å². The Morgan fingerprint density at radius 3 is 2.43 bits per heavy atom. The minimum absolute atomic E-state index is 0.629. The van der Waals surface area contributed by atoms with Gasteiger partial charge in [0.05, 0.1) is 6.61 Å². The van der Waals surface area contributed by atoms with Crippen LogP contribution in [-0.2, 0) is 30.7 Å². The van der Waals surface area contributed by atoms with E-state index in [9.17, 15) is 0 Å². The number of fused-ring (bicyclic) bond motifs is 1. The summed E-state index contributed by atoms with van der Waals surface area (Å²) in [5.74, 6) is 0.994. The van der Waals surface area contributed by atoms with Crippen molar-refractivity contribution in [2.24, 2.45) is 0 Å². The number of hydrogen-bond donors (Lipinski definition) is 0. The van der Waals surface area contributed by atoms with Crippen LogP contribution >= 0.6 is 0 Å². The van der Waals surface area contributed by atoms with Crippen molar-refractivity contribution in [2.45, 2.75) is 46.3 Å². The summed E-state index contributed by atoms with van der Waals surface area (Å²) in [7, 11) is -3.33. The first-order valence-electron chi connectivity index (χ1n) is 8.47. The molecule has 0 saturated carbocycles. The summed E-state index contributed by atoms with van der Waals surface area (Å²) in [4.78, 5) is 0. The molecule has 0 atom stereocenters. The van der Waals surface area contributed by atoms with E-state index in [0.29, 0.717) is 26.4 Å². The average molecular weight is 357 g/mol. The van der Waals surface area contributed by atoms with Gasteiger partial charge in [0.25, 0.3) is 0 Å². The van der Waals surface area contributed by atoms with E-state index in [0.717, 1.165) is 30.2 Å². The number of hydrogen-bond acceptors (Lipinski definition) is 5. The maximum absolute atomic E-state index is 5.90. The fraction of sp³-hybridized carbons (Fsp3) is 0.625. The monoisotopic (exact) mass is 356 g/mol. The van der Waals surface area contributed by atoms with Crippen molar-refractivity contribution in [2.75, 3.05) is 19.8 Å². The van der Waals surface area contributed by atoms with Crippen LogP contribution in [0.4, 0.5) is 0 Å². The lowest BCUT2D eigenvalue weighted by Crippen LogP contribution is -2.46. The molecule has 0 aromatic heterocycles. The predicted molar refractivity (Wildman–Crippen MR) is 94.2 cm³/mol. The number of benzene rings is 1. The maximum atomic E-state index is 5.90. The summed E-state index contributed by atoms with van der Waals surface area (Å²) in [5.41, 5.74) is 2.45. The second kappa shape index (κ2) is 9.56. The highest BCUT2D eigenvalue weighted by Gasteiger charge is 2.39. The third-order valence-electron chi connectivity index (χ3n) is 3.72. The van der Waals surface area contributed by atoms with Crippen molar-refractivity contribution in [3.63, 3.8) is 0 Å². The van der Waals surface area contributed by atoms with Gasteiger partial charge in [0.1, 0.15) is 5.75 Å². The normalized spacial score (nSPS) is 15.4. The molecule has 5 nitrogen and oxygen atoms in total. The van der Waals surface area contributed by atoms with Crippen LogP contribution in [0.3, 0.4) is 0 Å². The van der Waals surface area contributed by atoms with Crippen LogP contribution in [0.2, 0.25) is 6.04 Å². The van der Waals surface area contributed by atoms with E-state index < -0.39 is 18.8 Å². The highest BCUT2D eigenvalue weighted by atomic mass is 28.4. The van der Waals surface area contributed by atoms with Gasteiger partial charge in [-0.3, -0.25) is 0 Å². The van der Waals surface area contributed by atoms with Crippen LogP contribution in [-0.4, -0.2) is 38.6 Å². The largest absolute Gasteiger partial charge is 0.524 e. The molecule has 1 aliphatic rings. The van der Waals surface area contributed by atoms with Gasteiger partial charge in [-0.25, -0.2) is 0 Å². The topological polar surface area (TPSA) is 46.2 Å². The second-order valence-electron chi connectivity index (χ2n) is 5.39. The molecule has 23 heavy (non-hydrogen) atoms. The zero-order valence-corrected chi connectivity index (χ0v) is 16.8. The Morgan fingerprint density at radius 1 is 1.09 bits per heavy atom. The standard InChI is InChI=1S/C16H28O5Si2/c1-4-18-23(19-5-2,20-6-3)11-7-8-14-9-10-16-15(12-14)13-17-22-21-16/h9-10,12H,4-8,11,13,22H2,1-3H3. The summed E-state index contributed by atoms with van der Waals surface area (Å²) in [6.45, 7) is 8.55. The summed E-state index contributed by atoms with van der Waals surface area (Å²) in [5, 5.41) is 0. The second-order valence-corrected chi connectivity index (χ2v) is 9.05. The number of rotatable bonds is 10. The van der Waals surface area contributed by atoms with E-state index in [-0.39, 0.29) is 0 Å². The van der Waals surface area contributed by atoms with Gasteiger partial charge in [0, 0.05) is 31.4 Å². The highest BCUT2D eigenvalue weighted by Crippen LogP contribution is 2.25. The van der Waals surface area contributed by atoms with Crippen molar-refractivity contribution in [1.82, 2.24) is 0 Å². The van der Waals surface area contributed by atoms with Gasteiger partial charge in [-0.2, -0.15) is 0 Å². The van der Waals surface area contributed by atoms with Gasteiger partial charge in [0.15, 0.2) is 0 Å². The Labute approximate surface area is 142 Å². The highest BCUT2D eigenvalue weighted by molar-refractivity contribution is 6.60. The predicted octanol–water partition coefficient (Wildman–Crippen LogP) is 2.58. The Bertz CT molecular complexity index is 467. The van der Waals surface area contributed by atoms with Crippen molar-refractivity contribution >= 4 is 18.8 Å². The molecule has 1 aliphatic heterocycles. The van der Waals surface area contributed by atoms with Crippen molar-refractivity contribution in [3.05, 3.63) is 29.3 Å². The molecule has 0 aliphatic carbocycles. The SMILES string of the molecule is CCO[Si](CCCc1ccc2c(c1)CO[SiH2]O2)(OCC)OCC. The third kappa shape index (κ3) is 5.41. The fourth-order valence-electron chi connectivity index (χ4n) is 2.81. The molecule has 1 aromatic carbocycles. The molecule has 0 saturated heterocycles. The molecular weight excluding hydrogens is 328 g/mol. The van der Waals surface area contributed by atoms with E-state index in [1.807, 2.05) is 20.8 Å². The van der Waals surface area contributed by atoms with Gasteiger partial charge in [-0.15, -0.1) is 0 Å². The number of aryl methyl sites for hydroxylation is 1. The molecule has 1 heterocycles. The lowest BCUT2D eigenvalue weighted by Gasteiger charge is -2.28. The fourth-order valence-corrected chi connectivity index (χ4v) is 6.22. The van der Waals surface area contributed by atoms with E-state index in [4.69, 9.17) is 22.1 Å². The Balaban J connectivity index is 1.93. The molecule has 0 N–H and O–H groups in total. The summed E-state index contributed by atoms with van der Waals surface area (Å²) in [6, 6.07) is 7.25. The molecule has 7 heteroatoms. The van der Waals surface area contributed by atoms with Gasteiger partial charge < -0.3 is 22.1 Å². The maximum Gasteiger partial charge on any atom is 0.500 e. The summed E-state index contributed by atoms with van der Waals surface area (Å²) >= 11 is 0. The molecule has 2 rings (SSSR count). The van der Waals surface area contributed by atoms with Crippen molar-refractivity contribution in [3.8, 4) is 5.75 Å². The molecule has 1 aromatic rings. The van der Waals surface area contributed by atoms with E-state index in [1.165, 1.54) is 5.56 Å². The summed E-state index contributed by atoms with van der Waals surface area (Å²) in [6.07, 6.45) is 1.97. The van der Waals surface area contributed by atoms with E-state index in [1.54, 1.807) is 0 Å². The zero-order chi connectivity index (χ0) is 16.5. The van der Waals surface area contributed by atoms with Crippen molar-refractivity contribution < 1.29 is 22.1 Å². The minimum atomic E-state index is -2.52. The van der Waals surface area contributed by atoms with Crippen LogP contribution in [0, 0.1) is 0 Å². The van der Waals surface area contributed by atoms with Gasteiger partial charge >= 0.3 is 18.8 Å². The van der Waals surface area contributed by atoms with Crippen LogP contribution < -0.4 is 4.43 Å². The lowest BCUT2D eigenvalue weighted by atomic mass is 10.1. The lowest BCUT2D eigenvalue weighted by molar-refractivity contribution is 0.0708. The first-order valence-corrected chi connectivity index (χ1v) is 11.6. The molecular formula is C16H28O5Si2. The molecule has 0 radical (unpaired) electrons. The molecule has 0 bridgehead atoms. The van der Waals surface area contributed by atoms with Crippen LogP contribution in [0.25, 0.3) is 0 Å². The van der Waals surface area contributed by atoms with Crippen LogP contribution in [0.5, 0.6) is 5.75 Å². The third-order valence-corrected chi connectivity index (χ3v) is 7.67. The first-order chi connectivity index (χ1) is 11.2. The summed E-state index contributed by atoms with van der Waals surface area (Å²) < 4.78 is 28.8. The minimum Gasteiger partial charge on any atom is -0.524 e. The molecule has 0 spiro atoms. The quantitative estimate of drug-likeness (QED) is 0.603. The van der Waals surface area contributed by atoms with E-state index >= 15 is 0 Å². The average Bonchev–Trinajstić information content (AvgIpc) is 2.55. The van der Waals surface area contributed by atoms with Crippen LogP contribution in [0.15, 0.2) is 18.2 Å². The van der Waals surface area contributed by atoms with Crippen LogP contribution in [0.1, 0.15) is 38.3 Å². The Hall–Kier alpha value is -0.706. The molecule has 130 valence electrons. The molecule has 0 unspecified atom stereocenters. The molecule has 0 fully saturated rings. The smallest absolute Gasteiger partial charge is 0.500 e. The first kappa shape index (κ1) is 18.6. The Morgan fingerprint density at radius 2 is 1.78 bits per heavy atom. The van der Waals surface area contributed by atoms with E-state index in [2.05, 4.69) is 18.2 Å². The van der Waals surface area contributed by atoms with Crippen molar-refractivity contribution in [1.29, 1.82) is 0 Å². The van der Waals surface area contributed by atoms with Gasteiger partial charge in [0.2, 0.25) is 0 Å². The zero-order valence-electron chi connectivity index (χ0n) is 14.4. The van der Waals surface area contributed by atoms with Gasteiger partial charge in [-0.1, -0.05) is 6.07 Å². The molecule has 0 amide bonds. The Kier molecular flexibility index (Phi) is 7.74.